The molecule has 108 valence electrons. The molecule has 0 spiro atoms. The van der Waals surface area contributed by atoms with Crippen LogP contribution in [0.5, 0.6) is 0 Å². The van der Waals surface area contributed by atoms with Gasteiger partial charge in [-0.3, -0.25) is 4.68 Å². The number of hydrogen-bond acceptors (Lipinski definition) is 4. The highest BCUT2D eigenvalue weighted by molar-refractivity contribution is 7.89. The van der Waals surface area contributed by atoms with Crippen LogP contribution in [0.25, 0.3) is 0 Å². The molecule has 20 heavy (non-hydrogen) atoms. The molecule has 1 aromatic heterocycles. The van der Waals surface area contributed by atoms with Gasteiger partial charge in [-0.25, -0.2) is 13.1 Å². The number of nitrogens with one attached hydrogen (secondary N) is 1. The molecule has 0 amide bonds. The zero-order valence-electron chi connectivity index (χ0n) is 11.2. The number of benzene rings is 1. The molecule has 7 heteroatoms. The van der Waals surface area contributed by atoms with E-state index in [9.17, 15) is 8.42 Å². The summed E-state index contributed by atoms with van der Waals surface area (Å²) in [6, 6.07) is 8.24. The van der Waals surface area contributed by atoms with Crippen molar-refractivity contribution in [1.82, 2.24) is 14.5 Å². The monoisotopic (exact) mass is 295 g/mol. The van der Waals surface area contributed by atoms with Crippen LogP contribution in [0.1, 0.15) is 11.3 Å². The number of rotatable bonds is 6. The molecule has 0 aliphatic heterocycles. The first-order chi connectivity index (χ1) is 9.53. The van der Waals surface area contributed by atoms with Gasteiger partial charge in [-0.1, -0.05) is 12.1 Å². The molecule has 2 aromatic rings. The van der Waals surface area contributed by atoms with E-state index >= 15 is 0 Å². The number of aliphatic hydroxyl groups excluding tert-OH is 1. The summed E-state index contributed by atoms with van der Waals surface area (Å²) in [6.07, 6.45) is 2.14. The quantitative estimate of drug-likeness (QED) is 0.809. The number of aryl methyl sites for hydroxylation is 1. The minimum absolute atomic E-state index is 0.0465. The van der Waals surface area contributed by atoms with E-state index in [0.29, 0.717) is 6.42 Å². The average Bonchev–Trinajstić information content (AvgIpc) is 2.83. The lowest BCUT2D eigenvalue weighted by atomic mass is 10.2. The number of hydrogen-bond donors (Lipinski definition) is 2. The van der Waals surface area contributed by atoms with E-state index in [1.54, 1.807) is 36.1 Å². The summed E-state index contributed by atoms with van der Waals surface area (Å²) in [4.78, 5) is 0.210. The van der Waals surface area contributed by atoms with Gasteiger partial charge in [-0.15, -0.1) is 0 Å². The van der Waals surface area contributed by atoms with Gasteiger partial charge >= 0.3 is 0 Å². The van der Waals surface area contributed by atoms with Crippen LogP contribution in [0.3, 0.4) is 0 Å². The van der Waals surface area contributed by atoms with Crippen LogP contribution in [0.15, 0.2) is 41.4 Å². The molecule has 6 nitrogen and oxygen atoms in total. The van der Waals surface area contributed by atoms with Crippen LogP contribution in [0, 0.1) is 0 Å². The molecular formula is C13H17N3O3S. The van der Waals surface area contributed by atoms with E-state index in [-0.39, 0.29) is 18.0 Å². The second-order valence-electron chi connectivity index (χ2n) is 4.39. The van der Waals surface area contributed by atoms with E-state index < -0.39 is 10.0 Å². The van der Waals surface area contributed by atoms with Crippen molar-refractivity contribution in [3.63, 3.8) is 0 Å². The third-order valence-electron chi connectivity index (χ3n) is 3.00. The van der Waals surface area contributed by atoms with Crippen molar-refractivity contribution in [2.45, 2.75) is 17.9 Å². The van der Waals surface area contributed by atoms with Gasteiger partial charge < -0.3 is 5.11 Å². The van der Waals surface area contributed by atoms with E-state index in [1.165, 1.54) is 12.1 Å². The maximum atomic E-state index is 12.1. The highest BCUT2D eigenvalue weighted by Gasteiger charge is 2.14. The second-order valence-corrected chi connectivity index (χ2v) is 6.16. The predicted molar refractivity (Wildman–Crippen MR) is 74.5 cm³/mol. The molecule has 1 heterocycles. The van der Waals surface area contributed by atoms with E-state index in [2.05, 4.69) is 9.82 Å². The average molecular weight is 295 g/mol. The largest absolute Gasteiger partial charge is 0.396 e. The third-order valence-corrected chi connectivity index (χ3v) is 4.42. The number of nitrogens with zero attached hydrogens (tertiary/aromatic N) is 2. The lowest BCUT2D eigenvalue weighted by Crippen LogP contribution is -2.24. The van der Waals surface area contributed by atoms with Crippen molar-refractivity contribution in [2.75, 3.05) is 6.61 Å². The number of aromatic nitrogens is 2. The van der Waals surface area contributed by atoms with Crippen LogP contribution in [-0.2, 0) is 30.0 Å². The topological polar surface area (TPSA) is 84.2 Å². The van der Waals surface area contributed by atoms with Crippen molar-refractivity contribution >= 4 is 10.0 Å². The van der Waals surface area contributed by atoms with Crippen LogP contribution in [0.4, 0.5) is 0 Å². The van der Waals surface area contributed by atoms with E-state index in [0.717, 1.165) is 11.3 Å². The minimum Gasteiger partial charge on any atom is -0.396 e. The van der Waals surface area contributed by atoms with Crippen molar-refractivity contribution in [1.29, 1.82) is 0 Å². The van der Waals surface area contributed by atoms with Gasteiger partial charge in [-0.2, -0.15) is 5.10 Å². The first kappa shape index (κ1) is 14.7. The van der Waals surface area contributed by atoms with Crippen molar-refractivity contribution in [3.05, 3.63) is 47.8 Å². The van der Waals surface area contributed by atoms with Crippen LogP contribution in [-0.4, -0.2) is 29.9 Å². The summed E-state index contributed by atoms with van der Waals surface area (Å²) < 4.78 is 28.4. The number of aliphatic hydroxyl groups is 1. The standard InChI is InChI=1S/C13H17N3O3S/c1-16-12(6-8-14-16)10-15-20(18,19)13-4-2-11(3-5-13)7-9-17/h2-6,8,15,17H,7,9-10H2,1H3. The summed E-state index contributed by atoms with van der Waals surface area (Å²) in [5.74, 6) is 0. The second kappa shape index (κ2) is 6.17. The fourth-order valence-electron chi connectivity index (χ4n) is 1.79. The van der Waals surface area contributed by atoms with Gasteiger partial charge in [0, 0.05) is 19.9 Å². The van der Waals surface area contributed by atoms with E-state index in [1.807, 2.05) is 0 Å². The Morgan fingerprint density at radius 3 is 2.50 bits per heavy atom. The van der Waals surface area contributed by atoms with Crippen LogP contribution >= 0.6 is 0 Å². The molecule has 0 radical (unpaired) electrons. The molecule has 0 saturated heterocycles. The smallest absolute Gasteiger partial charge is 0.240 e. The highest BCUT2D eigenvalue weighted by Crippen LogP contribution is 2.11. The Labute approximate surface area is 118 Å². The number of sulfonamides is 1. The lowest BCUT2D eigenvalue weighted by molar-refractivity contribution is 0.299. The molecule has 0 unspecified atom stereocenters. The molecule has 2 N–H and O–H groups in total. The third kappa shape index (κ3) is 3.44. The molecule has 0 bridgehead atoms. The minimum atomic E-state index is -3.54. The zero-order chi connectivity index (χ0) is 14.6. The molecule has 0 aliphatic rings. The Hall–Kier alpha value is -1.70. The van der Waals surface area contributed by atoms with Crippen molar-refractivity contribution < 1.29 is 13.5 Å². The van der Waals surface area contributed by atoms with Crippen LogP contribution in [0.2, 0.25) is 0 Å². The summed E-state index contributed by atoms with van der Waals surface area (Å²) >= 11 is 0. The Kier molecular flexibility index (Phi) is 4.53. The van der Waals surface area contributed by atoms with E-state index in [4.69, 9.17) is 5.11 Å². The molecule has 0 aliphatic carbocycles. The molecule has 0 atom stereocenters. The Bertz CT molecular complexity index is 662. The fraction of sp³-hybridized carbons (Fsp3) is 0.308. The predicted octanol–water partition coefficient (Wildman–Crippen LogP) is 0.433. The lowest BCUT2D eigenvalue weighted by Gasteiger charge is -2.07. The van der Waals surface area contributed by atoms with Gasteiger partial charge in [0.05, 0.1) is 17.1 Å². The van der Waals surface area contributed by atoms with Gasteiger partial charge in [0.15, 0.2) is 0 Å². The van der Waals surface area contributed by atoms with Crippen molar-refractivity contribution in [3.8, 4) is 0 Å². The molecule has 0 fully saturated rings. The molecule has 1 aromatic carbocycles. The van der Waals surface area contributed by atoms with Gasteiger partial charge in [0.25, 0.3) is 0 Å². The summed E-state index contributed by atoms with van der Waals surface area (Å²) in [7, 11) is -1.78. The first-order valence-corrected chi connectivity index (χ1v) is 7.67. The van der Waals surface area contributed by atoms with Crippen LogP contribution < -0.4 is 4.72 Å². The maximum Gasteiger partial charge on any atom is 0.240 e. The normalized spacial score (nSPS) is 11.7. The van der Waals surface area contributed by atoms with Gasteiger partial charge in [0.2, 0.25) is 10.0 Å². The molecule has 2 rings (SSSR count). The Morgan fingerprint density at radius 1 is 1.25 bits per heavy atom. The Morgan fingerprint density at radius 2 is 1.95 bits per heavy atom. The SMILES string of the molecule is Cn1nccc1CNS(=O)(=O)c1ccc(CCO)cc1. The summed E-state index contributed by atoms with van der Waals surface area (Å²) in [5.41, 5.74) is 1.68. The van der Waals surface area contributed by atoms with Gasteiger partial charge in [-0.05, 0) is 30.2 Å². The molecular weight excluding hydrogens is 278 g/mol. The molecule has 0 saturated carbocycles. The van der Waals surface area contributed by atoms with Gasteiger partial charge in [0.1, 0.15) is 0 Å². The first-order valence-electron chi connectivity index (χ1n) is 6.19. The Balaban J connectivity index is 2.08. The van der Waals surface area contributed by atoms with Crippen molar-refractivity contribution in [2.24, 2.45) is 7.05 Å². The summed E-state index contributed by atoms with van der Waals surface area (Å²) in [5, 5.41) is 12.8. The zero-order valence-corrected chi connectivity index (χ0v) is 12.0. The maximum absolute atomic E-state index is 12.1. The highest BCUT2D eigenvalue weighted by atomic mass is 32.2. The fourth-order valence-corrected chi connectivity index (χ4v) is 2.79. The summed E-state index contributed by atoms with van der Waals surface area (Å²) in [6.45, 7) is 0.238.